The minimum absolute atomic E-state index is 0.0607. The van der Waals surface area contributed by atoms with Gasteiger partial charge in [0.25, 0.3) is 0 Å². The molecule has 3 N–H and O–H groups in total. The Labute approximate surface area is 111 Å². The quantitative estimate of drug-likeness (QED) is 0.606. The van der Waals surface area contributed by atoms with Gasteiger partial charge in [0.05, 0.1) is 12.6 Å². The van der Waals surface area contributed by atoms with Crippen molar-refractivity contribution in [3.63, 3.8) is 0 Å². The van der Waals surface area contributed by atoms with E-state index in [1.54, 1.807) is 0 Å². The van der Waals surface area contributed by atoms with Crippen LogP contribution in [-0.2, 0) is 4.79 Å². The molecular formula is C14H28N2O2. The lowest BCUT2D eigenvalue weighted by molar-refractivity contribution is -0.121. The zero-order valence-corrected chi connectivity index (χ0v) is 11.6. The minimum Gasteiger partial charge on any atom is -0.392 e. The van der Waals surface area contributed by atoms with Gasteiger partial charge in [0.2, 0.25) is 5.91 Å². The summed E-state index contributed by atoms with van der Waals surface area (Å²) in [5, 5.41) is 15.6. The third-order valence-corrected chi connectivity index (χ3v) is 3.51. The second-order valence-corrected chi connectivity index (χ2v) is 5.33. The first-order valence-electron chi connectivity index (χ1n) is 7.40. The maximum atomic E-state index is 11.7. The number of nitrogens with one attached hydrogen (secondary N) is 2. The summed E-state index contributed by atoms with van der Waals surface area (Å²) in [7, 11) is 0. The first-order valence-corrected chi connectivity index (χ1v) is 7.40. The summed E-state index contributed by atoms with van der Waals surface area (Å²) in [5.74, 6) is 0.0607. The highest BCUT2D eigenvalue weighted by Gasteiger charge is 2.14. The van der Waals surface area contributed by atoms with Crippen molar-refractivity contribution in [2.75, 3.05) is 13.1 Å². The molecule has 1 fully saturated rings. The monoisotopic (exact) mass is 256 g/mol. The van der Waals surface area contributed by atoms with Crippen molar-refractivity contribution in [2.45, 2.75) is 70.4 Å². The van der Waals surface area contributed by atoms with E-state index < -0.39 is 0 Å². The lowest BCUT2D eigenvalue weighted by atomic mass is 10.1. The number of rotatable bonds is 7. The summed E-state index contributed by atoms with van der Waals surface area (Å²) in [6.45, 7) is 2.87. The Morgan fingerprint density at radius 3 is 2.56 bits per heavy atom. The smallest absolute Gasteiger partial charge is 0.234 e. The van der Waals surface area contributed by atoms with Crippen molar-refractivity contribution >= 4 is 5.91 Å². The van der Waals surface area contributed by atoms with Crippen LogP contribution in [0.25, 0.3) is 0 Å². The van der Waals surface area contributed by atoms with Gasteiger partial charge in [-0.3, -0.25) is 4.79 Å². The van der Waals surface area contributed by atoms with E-state index in [9.17, 15) is 9.90 Å². The van der Waals surface area contributed by atoms with Crippen LogP contribution in [-0.4, -0.2) is 36.2 Å². The number of hydrogen-bond donors (Lipinski definition) is 3. The number of aliphatic hydroxyl groups is 1. The van der Waals surface area contributed by atoms with Gasteiger partial charge in [0.15, 0.2) is 0 Å². The molecule has 0 aromatic heterocycles. The highest BCUT2D eigenvalue weighted by Crippen LogP contribution is 2.16. The van der Waals surface area contributed by atoms with Gasteiger partial charge in [-0.1, -0.05) is 39.0 Å². The largest absolute Gasteiger partial charge is 0.392 e. The molecule has 1 saturated carbocycles. The molecule has 18 heavy (non-hydrogen) atoms. The summed E-state index contributed by atoms with van der Waals surface area (Å²) in [6, 6.07) is 0.363. The van der Waals surface area contributed by atoms with Crippen LogP contribution in [0.3, 0.4) is 0 Å². The van der Waals surface area contributed by atoms with Gasteiger partial charge in [-0.25, -0.2) is 0 Å². The van der Waals surface area contributed by atoms with Crippen LogP contribution in [0.2, 0.25) is 0 Å². The molecule has 0 heterocycles. The molecule has 1 aliphatic carbocycles. The normalized spacial score (nSPS) is 19.2. The predicted molar refractivity (Wildman–Crippen MR) is 73.4 cm³/mol. The molecule has 0 aliphatic heterocycles. The van der Waals surface area contributed by atoms with E-state index in [2.05, 4.69) is 10.6 Å². The molecule has 1 atom stereocenters. The summed E-state index contributed by atoms with van der Waals surface area (Å²) in [4.78, 5) is 11.7. The van der Waals surface area contributed by atoms with Gasteiger partial charge >= 0.3 is 0 Å². The maximum Gasteiger partial charge on any atom is 0.234 e. The second-order valence-electron chi connectivity index (χ2n) is 5.33. The molecule has 1 amide bonds. The molecule has 106 valence electrons. The Morgan fingerprint density at radius 1 is 1.28 bits per heavy atom. The van der Waals surface area contributed by atoms with E-state index in [1.807, 2.05) is 6.92 Å². The van der Waals surface area contributed by atoms with Gasteiger partial charge in [0.1, 0.15) is 0 Å². The van der Waals surface area contributed by atoms with Gasteiger partial charge < -0.3 is 15.7 Å². The van der Waals surface area contributed by atoms with Gasteiger partial charge in [-0.2, -0.15) is 0 Å². The van der Waals surface area contributed by atoms with Crippen molar-refractivity contribution in [1.29, 1.82) is 0 Å². The molecule has 1 aliphatic rings. The van der Waals surface area contributed by atoms with E-state index >= 15 is 0 Å². The van der Waals surface area contributed by atoms with Crippen molar-refractivity contribution in [3.8, 4) is 0 Å². The Hall–Kier alpha value is -0.610. The zero-order chi connectivity index (χ0) is 13.2. The molecule has 0 bridgehead atoms. The fraction of sp³-hybridized carbons (Fsp3) is 0.929. The fourth-order valence-electron chi connectivity index (χ4n) is 2.49. The first-order chi connectivity index (χ1) is 8.72. The number of carbonyl (C=O) groups excluding carboxylic acids is 1. The van der Waals surface area contributed by atoms with Crippen LogP contribution in [0.15, 0.2) is 0 Å². The highest BCUT2D eigenvalue weighted by molar-refractivity contribution is 5.78. The zero-order valence-electron chi connectivity index (χ0n) is 11.6. The van der Waals surface area contributed by atoms with Crippen molar-refractivity contribution < 1.29 is 9.90 Å². The van der Waals surface area contributed by atoms with Crippen LogP contribution in [0.5, 0.6) is 0 Å². The van der Waals surface area contributed by atoms with Crippen LogP contribution >= 0.6 is 0 Å². The lowest BCUT2D eigenvalue weighted by Gasteiger charge is -2.17. The number of amides is 1. The second kappa shape index (κ2) is 9.34. The summed E-state index contributed by atoms with van der Waals surface area (Å²) >= 11 is 0. The Kier molecular flexibility index (Phi) is 8.01. The molecule has 0 aromatic carbocycles. The average molecular weight is 256 g/mol. The number of aliphatic hydroxyl groups excluding tert-OH is 1. The van der Waals surface area contributed by atoms with Crippen molar-refractivity contribution in [3.05, 3.63) is 0 Å². The fourth-order valence-corrected chi connectivity index (χ4v) is 2.49. The predicted octanol–water partition coefficient (Wildman–Crippen LogP) is 1.58. The lowest BCUT2D eigenvalue weighted by Crippen LogP contribution is -2.41. The molecule has 0 saturated heterocycles. The maximum absolute atomic E-state index is 11.7. The van der Waals surface area contributed by atoms with E-state index in [0.29, 0.717) is 19.1 Å². The first kappa shape index (κ1) is 15.4. The summed E-state index contributed by atoms with van der Waals surface area (Å²) in [5.41, 5.74) is 0. The van der Waals surface area contributed by atoms with Crippen LogP contribution in [0.4, 0.5) is 0 Å². The number of hydrogen-bond acceptors (Lipinski definition) is 3. The van der Waals surface area contributed by atoms with E-state index in [0.717, 1.165) is 25.7 Å². The third kappa shape index (κ3) is 6.97. The minimum atomic E-state index is -0.333. The molecule has 4 heteroatoms. The SMILES string of the molecule is CCCC(O)CNCC(=O)NC1CCCCCC1. The van der Waals surface area contributed by atoms with Gasteiger partial charge in [0, 0.05) is 12.6 Å². The van der Waals surface area contributed by atoms with E-state index in [-0.39, 0.29) is 12.0 Å². The third-order valence-electron chi connectivity index (χ3n) is 3.51. The molecule has 1 unspecified atom stereocenters. The van der Waals surface area contributed by atoms with E-state index in [4.69, 9.17) is 0 Å². The molecule has 0 aromatic rings. The summed E-state index contributed by atoms with van der Waals surface area (Å²) in [6.07, 6.45) is 8.71. The van der Waals surface area contributed by atoms with Crippen LogP contribution in [0, 0.1) is 0 Å². The standard InChI is InChI=1S/C14H28N2O2/c1-2-7-13(17)10-15-11-14(18)16-12-8-5-3-4-6-9-12/h12-13,15,17H,2-11H2,1H3,(H,16,18). The topological polar surface area (TPSA) is 61.4 Å². The average Bonchev–Trinajstić information content (AvgIpc) is 2.58. The molecular weight excluding hydrogens is 228 g/mol. The van der Waals surface area contributed by atoms with Crippen molar-refractivity contribution in [1.82, 2.24) is 10.6 Å². The van der Waals surface area contributed by atoms with Gasteiger partial charge in [-0.15, -0.1) is 0 Å². The number of carbonyl (C=O) groups is 1. The Balaban J connectivity index is 2.09. The van der Waals surface area contributed by atoms with Gasteiger partial charge in [-0.05, 0) is 19.3 Å². The molecule has 4 nitrogen and oxygen atoms in total. The van der Waals surface area contributed by atoms with Crippen molar-refractivity contribution in [2.24, 2.45) is 0 Å². The molecule has 0 spiro atoms. The highest BCUT2D eigenvalue weighted by atomic mass is 16.3. The van der Waals surface area contributed by atoms with E-state index in [1.165, 1.54) is 25.7 Å². The summed E-state index contributed by atoms with van der Waals surface area (Å²) < 4.78 is 0. The Morgan fingerprint density at radius 2 is 1.94 bits per heavy atom. The van der Waals surface area contributed by atoms with Crippen LogP contribution < -0.4 is 10.6 Å². The van der Waals surface area contributed by atoms with Crippen LogP contribution in [0.1, 0.15) is 58.3 Å². The molecule has 1 rings (SSSR count). The Bertz CT molecular complexity index is 226. The molecule has 0 radical (unpaired) electrons.